The first-order valence-corrected chi connectivity index (χ1v) is 12.5. The maximum absolute atomic E-state index is 13.4. The van der Waals surface area contributed by atoms with Crippen molar-refractivity contribution < 1.29 is 22.7 Å². The third kappa shape index (κ3) is 4.73. The zero-order valence-corrected chi connectivity index (χ0v) is 19.4. The van der Waals surface area contributed by atoms with Gasteiger partial charge in [0.2, 0.25) is 10.0 Å². The zero-order valence-electron chi connectivity index (χ0n) is 18.6. The molecule has 0 radical (unpaired) electrons. The van der Waals surface area contributed by atoms with E-state index in [4.69, 9.17) is 9.47 Å². The molecule has 8 heteroatoms. The van der Waals surface area contributed by atoms with Crippen molar-refractivity contribution in [2.24, 2.45) is 0 Å². The third-order valence-corrected chi connectivity index (χ3v) is 7.98. The van der Waals surface area contributed by atoms with Gasteiger partial charge in [0.1, 0.15) is 6.10 Å². The standard InChI is InChI=1S/C24H30N2O5S/c1-3-19-9-10-21(15-23(19)32(28,29)26-11-13-30-14-12-26)24(27)25-16-18(2)31-22(17-25)20-7-5-4-6-8-20/h4-10,15,18,22H,3,11-14,16-17H2,1-2H3. The van der Waals surface area contributed by atoms with Gasteiger partial charge in [0.15, 0.2) is 0 Å². The lowest BCUT2D eigenvalue weighted by Gasteiger charge is -2.37. The first kappa shape index (κ1) is 22.9. The molecule has 2 unspecified atom stereocenters. The van der Waals surface area contributed by atoms with Crippen LogP contribution in [0, 0.1) is 0 Å². The lowest BCUT2D eigenvalue weighted by atomic mass is 10.0. The smallest absolute Gasteiger partial charge is 0.254 e. The monoisotopic (exact) mass is 458 g/mol. The number of hydrogen-bond donors (Lipinski definition) is 0. The van der Waals surface area contributed by atoms with Crippen LogP contribution < -0.4 is 0 Å². The highest BCUT2D eigenvalue weighted by atomic mass is 32.2. The van der Waals surface area contributed by atoms with E-state index in [1.54, 1.807) is 23.1 Å². The normalized spacial score (nSPS) is 22.6. The van der Waals surface area contributed by atoms with Gasteiger partial charge in [-0.2, -0.15) is 4.31 Å². The minimum atomic E-state index is -3.70. The summed E-state index contributed by atoms with van der Waals surface area (Å²) < 4.78 is 39.5. The maximum Gasteiger partial charge on any atom is 0.254 e. The van der Waals surface area contributed by atoms with Gasteiger partial charge in [-0.25, -0.2) is 8.42 Å². The molecule has 172 valence electrons. The molecule has 2 fully saturated rings. The highest BCUT2D eigenvalue weighted by molar-refractivity contribution is 7.89. The van der Waals surface area contributed by atoms with E-state index in [0.29, 0.717) is 56.9 Å². The van der Waals surface area contributed by atoms with Crippen LogP contribution in [-0.4, -0.2) is 69.0 Å². The summed E-state index contributed by atoms with van der Waals surface area (Å²) in [5.74, 6) is -0.179. The predicted octanol–water partition coefficient (Wildman–Crippen LogP) is 2.87. The minimum absolute atomic E-state index is 0.121. The molecule has 0 aromatic heterocycles. The van der Waals surface area contributed by atoms with Gasteiger partial charge in [-0.3, -0.25) is 4.79 Å². The fourth-order valence-electron chi connectivity index (χ4n) is 4.30. The Labute approximate surface area is 190 Å². The Morgan fingerprint density at radius 2 is 1.78 bits per heavy atom. The Kier molecular flexibility index (Phi) is 6.95. The molecular weight excluding hydrogens is 428 g/mol. The molecule has 2 heterocycles. The van der Waals surface area contributed by atoms with Crippen LogP contribution in [0.4, 0.5) is 0 Å². The molecule has 7 nitrogen and oxygen atoms in total. The Hall–Kier alpha value is -2.26. The number of benzene rings is 2. The molecule has 0 bridgehead atoms. The molecular formula is C24H30N2O5S. The van der Waals surface area contributed by atoms with Crippen molar-refractivity contribution in [3.8, 4) is 0 Å². The number of carbonyl (C=O) groups excluding carboxylic acids is 1. The Morgan fingerprint density at radius 1 is 1.06 bits per heavy atom. The summed E-state index contributed by atoms with van der Waals surface area (Å²) in [7, 11) is -3.70. The molecule has 0 saturated carbocycles. The number of amides is 1. The van der Waals surface area contributed by atoms with Crippen LogP contribution in [0.2, 0.25) is 0 Å². The van der Waals surface area contributed by atoms with Gasteiger partial charge in [0, 0.05) is 25.2 Å². The second-order valence-electron chi connectivity index (χ2n) is 8.25. The second-order valence-corrected chi connectivity index (χ2v) is 10.2. The number of hydrogen-bond acceptors (Lipinski definition) is 5. The lowest BCUT2D eigenvalue weighted by molar-refractivity contribution is -0.0691. The van der Waals surface area contributed by atoms with Crippen molar-refractivity contribution in [3.63, 3.8) is 0 Å². The van der Waals surface area contributed by atoms with Crippen molar-refractivity contribution in [2.75, 3.05) is 39.4 Å². The van der Waals surface area contributed by atoms with E-state index in [1.807, 2.05) is 44.2 Å². The number of carbonyl (C=O) groups is 1. The van der Waals surface area contributed by atoms with Crippen molar-refractivity contribution in [1.29, 1.82) is 0 Å². The summed E-state index contributed by atoms with van der Waals surface area (Å²) in [6.07, 6.45) is 0.234. The van der Waals surface area contributed by atoms with Crippen LogP contribution in [-0.2, 0) is 25.9 Å². The molecule has 0 aliphatic carbocycles. The van der Waals surface area contributed by atoms with Crippen LogP contribution in [0.25, 0.3) is 0 Å². The van der Waals surface area contributed by atoms with Gasteiger partial charge in [-0.05, 0) is 36.6 Å². The van der Waals surface area contributed by atoms with E-state index in [0.717, 1.165) is 5.56 Å². The van der Waals surface area contributed by atoms with Crippen LogP contribution in [0.1, 0.15) is 41.4 Å². The quantitative estimate of drug-likeness (QED) is 0.689. The van der Waals surface area contributed by atoms with E-state index < -0.39 is 10.0 Å². The van der Waals surface area contributed by atoms with Crippen LogP contribution in [0.15, 0.2) is 53.4 Å². The average molecular weight is 459 g/mol. The molecule has 0 N–H and O–H groups in total. The second kappa shape index (κ2) is 9.70. The van der Waals surface area contributed by atoms with E-state index in [-0.39, 0.29) is 23.0 Å². The molecule has 2 aliphatic heterocycles. The first-order chi connectivity index (χ1) is 15.4. The molecule has 32 heavy (non-hydrogen) atoms. The Bertz CT molecular complexity index is 1050. The fraction of sp³-hybridized carbons (Fsp3) is 0.458. The van der Waals surface area contributed by atoms with Crippen LogP contribution in [0.5, 0.6) is 0 Å². The first-order valence-electron chi connectivity index (χ1n) is 11.1. The maximum atomic E-state index is 13.4. The van der Waals surface area contributed by atoms with E-state index in [1.165, 1.54) is 4.31 Å². The lowest BCUT2D eigenvalue weighted by Crippen LogP contribution is -2.46. The number of aryl methyl sites for hydroxylation is 1. The minimum Gasteiger partial charge on any atom is -0.379 e. The van der Waals surface area contributed by atoms with Gasteiger partial charge >= 0.3 is 0 Å². The number of sulfonamides is 1. The average Bonchev–Trinajstić information content (AvgIpc) is 2.84. The topological polar surface area (TPSA) is 76.2 Å². The molecule has 1 amide bonds. The van der Waals surface area contributed by atoms with Gasteiger partial charge in [0.25, 0.3) is 5.91 Å². The van der Waals surface area contributed by atoms with E-state index in [2.05, 4.69) is 0 Å². The van der Waals surface area contributed by atoms with Crippen LogP contribution >= 0.6 is 0 Å². The van der Waals surface area contributed by atoms with E-state index >= 15 is 0 Å². The molecule has 2 atom stereocenters. The molecule has 4 rings (SSSR count). The van der Waals surface area contributed by atoms with Gasteiger partial charge < -0.3 is 14.4 Å². The third-order valence-electron chi connectivity index (χ3n) is 6.00. The van der Waals surface area contributed by atoms with Crippen molar-refractivity contribution in [2.45, 2.75) is 37.4 Å². The van der Waals surface area contributed by atoms with Gasteiger partial charge in [-0.15, -0.1) is 0 Å². The SMILES string of the molecule is CCc1ccc(C(=O)N2CC(C)OC(c3ccccc3)C2)cc1S(=O)(=O)N1CCOCC1. The predicted molar refractivity (Wildman–Crippen MR) is 121 cm³/mol. The molecule has 0 spiro atoms. The fourth-order valence-corrected chi connectivity index (χ4v) is 6.03. The number of morpholine rings is 2. The highest BCUT2D eigenvalue weighted by Crippen LogP contribution is 2.28. The number of ether oxygens (including phenoxy) is 2. The van der Waals surface area contributed by atoms with Crippen molar-refractivity contribution >= 4 is 15.9 Å². The van der Waals surface area contributed by atoms with Gasteiger partial charge in [0.05, 0.1) is 30.8 Å². The highest BCUT2D eigenvalue weighted by Gasteiger charge is 2.32. The number of rotatable bonds is 5. The summed E-state index contributed by atoms with van der Waals surface area (Å²) in [6, 6.07) is 14.9. The largest absolute Gasteiger partial charge is 0.379 e. The van der Waals surface area contributed by atoms with Crippen molar-refractivity contribution in [3.05, 3.63) is 65.2 Å². The van der Waals surface area contributed by atoms with E-state index in [9.17, 15) is 13.2 Å². The molecule has 2 aliphatic rings. The summed E-state index contributed by atoms with van der Waals surface area (Å²) in [5.41, 5.74) is 2.12. The summed E-state index contributed by atoms with van der Waals surface area (Å²) >= 11 is 0. The summed E-state index contributed by atoms with van der Waals surface area (Å²) in [5, 5.41) is 0. The number of nitrogens with zero attached hydrogens (tertiary/aromatic N) is 2. The molecule has 2 aromatic rings. The molecule has 2 saturated heterocycles. The van der Waals surface area contributed by atoms with Crippen molar-refractivity contribution in [1.82, 2.24) is 9.21 Å². The summed E-state index contributed by atoms with van der Waals surface area (Å²) in [6.45, 7) is 6.16. The zero-order chi connectivity index (χ0) is 22.7. The van der Waals surface area contributed by atoms with Crippen LogP contribution in [0.3, 0.4) is 0 Å². The molecule has 2 aromatic carbocycles. The summed E-state index contributed by atoms with van der Waals surface area (Å²) in [4.78, 5) is 15.4. The Morgan fingerprint density at radius 3 is 2.47 bits per heavy atom. The Balaban J connectivity index is 1.62. The van der Waals surface area contributed by atoms with Gasteiger partial charge in [-0.1, -0.05) is 43.3 Å².